The Labute approximate surface area is 192 Å². The van der Waals surface area contributed by atoms with Crippen LogP contribution in [0.3, 0.4) is 0 Å². The van der Waals surface area contributed by atoms with Gasteiger partial charge in [0.25, 0.3) is 5.91 Å². The molecular weight excluding hydrogens is 430 g/mol. The van der Waals surface area contributed by atoms with Crippen LogP contribution < -0.4 is 9.47 Å². The summed E-state index contributed by atoms with van der Waals surface area (Å²) in [7, 11) is 0. The van der Waals surface area contributed by atoms with E-state index in [1.807, 2.05) is 61.5 Å². The summed E-state index contributed by atoms with van der Waals surface area (Å²) >= 11 is 5.88. The molecule has 0 radical (unpaired) electrons. The van der Waals surface area contributed by atoms with Crippen LogP contribution in [0.5, 0.6) is 11.5 Å². The number of ether oxygens (including phenoxy) is 2. The lowest BCUT2D eigenvalue weighted by atomic mass is 10.1. The molecule has 3 aromatic rings. The zero-order valence-corrected chi connectivity index (χ0v) is 18.4. The van der Waals surface area contributed by atoms with Crippen LogP contribution in [0.4, 0.5) is 0 Å². The number of benzene rings is 3. The number of nitrogens with zero attached hydrogens (tertiary/aromatic N) is 1. The van der Waals surface area contributed by atoms with E-state index in [9.17, 15) is 14.7 Å². The normalized spacial score (nSPS) is 10.4. The van der Waals surface area contributed by atoms with Gasteiger partial charge in [0, 0.05) is 18.1 Å². The van der Waals surface area contributed by atoms with Gasteiger partial charge in [0.2, 0.25) is 0 Å². The summed E-state index contributed by atoms with van der Waals surface area (Å²) in [6.45, 7) is 2.97. The molecule has 3 rings (SSSR count). The van der Waals surface area contributed by atoms with E-state index in [1.165, 1.54) is 18.2 Å². The van der Waals surface area contributed by atoms with Gasteiger partial charge in [0.05, 0.1) is 6.61 Å². The van der Waals surface area contributed by atoms with E-state index in [1.54, 1.807) is 4.90 Å². The minimum absolute atomic E-state index is 0.0913. The van der Waals surface area contributed by atoms with Gasteiger partial charge in [-0.15, -0.1) is 0 Å². The molecular formula is C25H24ClNO5. The average molecular weight is 454 g/mol. The molecule has 0 spiro atoms. The lowest BCUT2D eigenvalue weighted by molar-refractivity contribution is -0.134. The highest BCUT2D eigenvalue weighted by atomic mass is 35.5. The maximum absolute atomic E-state index is 13.0. The summed E-state index contributed by atoms with van der Waals surface area (Å²) in [5.41, 5.74) is 1.83. The molecule has 0 aliphatic rings. The van der Waals surface area contributed by atoms with Crippen molar-refractivity contribution in [2.24, 2.45) is 0 Å². The number of carboxylic acids is 1. The second-order valence-electron chi connectivity index (χ2n) is 7.05. The Balaban J connectivity index is 1.75. The highest BCUT2D eigenvalue weighted by Gasteiger charge is 2.18. The molecule has 0 bridgehead atoms. The van der Waals surface area contributed by atoms with Crippen molar-refractivity contribution >= 4 is 23.5 Å². The number of carboxylic acid groups (broad SMARTS) is 1. The zero-order chi connectivity index (χ0) is 22.9. The van der Waals surface area contributed by atoms with Gasteiger partial charge in [0.1, 0.15) is 17.1 Å². The summed E-state index contributed by atoms with van der Waals surface area (Å²) in [6, 6.07) is 21.5. The number of rotatable bonds is 10. The first-order valence-corrected chi connectivity index (χ1v) is 10.5. The molecule has 0 saturated carbocycles. The molecule has 1 amide bonds. The van der Waals surface area contributed by atoms with Crippen molar-refractivity contribution in [1.82, 2.24) is 4.90 Å². The fourth-order valence-electron chi connectivity index (χ4n) is 3.14. The fraction of sp³-hybridized carbons (Fsp3) is 0.200. The Morgan fingerprint density at radius 2 is 1.56 bits per heavy atom. The number of halogens is 1. The van der Waals surface area contributed by atoms with Gasteiger partial charge in [0.15, 0.2) is 6.61 Å². The van der Waals surface area contributed by atoms with E-state index in [4.69, 9.17) is 21.1 Å². The molecule has 0 atom stereocenters. The molecule has 1 N–H and O–H groups in total. The first-order chi connectivity index (χ1) is 15.5. The predicted octanol–water partition coefficient (Wildman–Crippen LogP) is 5.04. The molecule has 0 fully saturated rings. The van der Waals surface area contributed by atoms with Crippen LogP contribution in [-0.2, 0) is 17.9 Å². The number of amides is 1. The third-order valence-electron chi connectivity index (χ3n) is 4.70. The minimum Gasteiger partial charge on any atom is -0.494 e. The number of carbonyl (C=O) groups is 2. The number of carbonyl (C=O) groups excluding carboxylic acids is 1. The van der Waals surface area contributed by atoms with E-state index in [2.05, 4.69) is 0 Å². The van der Waals surface area contributed by atoms with Crippen LogP contribution in [0.1, 0.15) is 28.4 Å². The summed E-state index contributed by atoms with van der Waals surface area (Å²) in [6.07, 6.45) is 0. The van der Waals surface area contributed by atoms with Gasteiger partial charge in [-0.2, -0.15) is 0 Å². The Kier molecular flexibility index (Phi) is 8.11. The fourth-order valence-corrected chi connectivity index (χ4v) is 3.31. The summed E-state index contributed by atoms with van der Waals surface area (Å²) in [4.78, 5) is 26.2. The summed E-state index contributed by atoms with van der Waals surface area (Å²) in [5.74, 6) is -0.583. The highest BCUT2D eigenvalue weighted by molar-refractivity contribution is 6.31. The Bertz CT molecular complexity index is 1050. The maximum Gasteiger partial charge on any atom is 0.339 e. The van der Waals surface area contributed by atoms with Crippen LogP contribution in [0.15, 0.2) is 72.8 Å². The van der Waals surface area contributed by atoms with Crippen LogP contribution >= 0.6 is 11.6 Å². The van der Waals surface area contributed by atoms with Crippen LogP contribution in [0, 0.1) is 0 Å². The topological polar surface area (TPSA) is 76.1 Å². The average Bonchev–Trinajstić information content (AvgIpc) is 2.79. The summed E-state index contributed by atoms with van der Waals surface area (Å²) < 4.78 is 11.0. The van der Waals surface area contributed by atoms with Crippen molar-refractivity contribution in [3.63, 3.8) is 0 Å². The van der Waals surface area contributed by atoms with Crippen molar-refractivity contribution in [2.45, 2.75) is 20.0 Å². The number of aromatic carboxylic acids is 1. The molecule has 7 heteroatoms. The molecule has 0 saturated heterocycles. The molecule has 0 aliphatic carbocycles. The molecule has 3 aromatic carbocycles. The van der Waals surface area contributed by atoms with Gasteiger partial charge >= 0.3 is 5.97 Å². The quantitative estimate of drug-likeness (QED) is 0.465. The van der Waals surface area contributed by atoms with Gasteiger partial charge in [-0.1, -0.05) is 54.1 Å². The molecule has 0 unspecified atom stereocenters. The van der Waals surface area contributed by atoms with Crippen molar-refractivity contribution in [1.29, 1.82) is 0 Å². The second kappa shape index (κ2) is 11.2. The van der Waals surface area contributed by atoms with Crippen LogP contribution in [0.2, 0.25) is 5.02 Å². The van der Waals surface area contributed by atoms with Gasteiger partial charge in [-0.25, -0.2) is 4.79 Å². The lowest BCUT2D eigenvalue weighted by Gasteiger charge is -2.23. The van der Waals surface area contributed by atoms with E-state index in [0.29, 0.717) is 19.7 Å². The minimum atomic E-state index is -1.18. The zero-order valence-electron chi connectivity index (χ0n) is 17.7. The molecule has 32 heavy (non-hydrogen) atoms. The van der Waals surface area contributed by atoms with Crippen molar-refractivity contribution in [2.75, 3.05) is 13.2 Å². The monoisotopic (exact) mass is 453 g/mol. The van der Waals surface area contributed by atoms with E-state index in [-0.39, 0.29) is 28.8 Å². The molecule has 166 valence electrons. The Morgan fingerprint density at radius 3 is 2.19 bits per heavy atom. The molecule has 6 nitrogen and oxygen atoms in total. The first-order valence-electron chi connectivity index (χ1n) is 10.2. The van der Waals surface area contributed by atoms with Crippen molar-refractivity contribution in [3.05, 3.63) is 94.5 Å². The lowest BCUT2D eigenvalue weighted by Crippen LogP contribution is -2.34. The van der Waals surface area contributed by atoms with Gasteiger partial charge in [-0.3, -0.25) is 4.79 Å². The third kappa shape index (κ3) is 6.49. The number of hydrogen-bond acceptors (Lipinski definition) is 4. The van der Waals surface area contributed by atoms with Crippen LogP contribution in [-0.4, -0.2) is 35.1 Å². The Hall–Kier alpha value is -3.51. The van der Waals surface area contributed by atoms with E-state index in [0.717, 1.165) is 16.9 Å². The molecule has 0 aliphatic heterocycles. The third-order valence-corrected chi connectivity index (χ3v) is 4.94. The van der Waals surface area contributed by atoms with E-state index < -0.39 is 5.97 Å². The first kappa shape index (κ1) is 23.2. The summed E-state index contributed by atoms with van der Waals surface area (Å²) in [5, 5.41) is 9.65. The SMILES string of the molecule is CCOc1ccc(CN(Cc2ccccc2)C(=O)COc2ccc(Cl)cc2C(=O)O)cc1. The second-order valence-corrected chi connectivity index (χ2v) is 7.48. The molecule has 0 aromatic heterocycles. The maximum atomic E-state index is 13.0. The van der Waals surface area contributed by atoms with Crippen molar-refractivity contribution in [3.8, 4) is 11.5 Å². The van der Waals surface area contributed by atoms with Gasteiger partial charge in [-0.05, 0) is 48.4 Å². The van der Waals surface area contributed by atoms with Crippen molar-refractivity contribution < 1.29 is 24.2 Å². The van der Waals surface area contributed by atoms with Crippen LogP contribution in [0.25, 0.3) is 0 Å². The molecule has 0 heterocycles. The highest BCUT2D eigenvalue weighted by Crippen LogP contribution is 2.23. The Morgan fingerprint density at radius 1 is 0.906 bits per heavy atom. The predicted molar refractivity (Wildman–Crippen MR) is 122 cm³/mol. The van der Waals surface area contributed by atoms with Gasteiger partial charge < -0.3 is 19.5 Å². The standard InChI is InChI=1S/C25H24ClNO5/c1-2-31-21-11-8-19(9-12-21)16-27(15-18-6-4-3-5-7-18)24(28)17-32-23-13-10-20(26)14-22(23)25(29)30/h3-14H,2,15-17H2,1H3,(H,29,30). The van der Waals surface area contributed by atoms with E-state index >= 15 is 0 Å². The smallest absolute Gasteiger partial charge is 0.339 e. The largest absolute Gasteiger partial charge is 0.494 e. The number of hydrogen-bond donors (Lipinski definition) is 1.